The lowest BCUT2D eigenvalue weighted by atomic mass is 10.1. The predicted molar refractivity (Wildman–Crippen MR) is 73.3 cm³/mol. The van der Waals surface area contributed by atoms with Gasteiger partial charge in [0.2, 0.25) is 0 Å². The molecule has 2 rings (SSSR count). The first-order chi connectivity index (χ1) is 9.65. The van der Waals surface area contributed by atoms with Crippen LogP contribution in [0.3, 0.4) is 0 Å². The molecule has 0 radical (unpaired) electrons. The van der Waals surface area contributed by atoms with E-state index in [1.165, 1.54) is 0 Å². The molecule has 1 unspecified atom stereocenters. The number of hydrogen-bond acceptors (Lipinski definition) is 3. The average Bonchev–Trinajstić information content (AvgIpc) is 2.87. The fraction of sp³-hybridized carbons (Fsp3) is 0.500. The number of hydrogen-bond donors (Lipinski definition) is 2. The van der Waals surface area contributed by atoms with Crippen LogP contribution in [0, 0.1) is 5.92 Å². The molecule has 0 aliphatic carbocycles. The van der Waals surface area contributed by atoms with Crippen molar-refractivity contribution in [1.29, 1.82) is 0 Å². The van der Waals surface area contributed by atoms with Crippen molar-refractivity contribution < 1.29 is 14.7 Å². The molecular weight excluding hydrogens is 258 g/mol. The molecule has 1 fully saturated rings. The Morgan fingerprint density at radius 3 is 2.85 bits per heavy atom. The van der Waals surface area contributed by atoms with Crippen molar-refractivity contribution in [3.63, 3.8) is 0 Å². The molecule has 0 saturated carbocycles. The monoisotopic (exact) mass is 277 g/mol. The zero-order chi connectivity index (χ0) is 14.4. The van der Waals surface area contributed by atoms with E-state index in [2.05, 4.69) is 10.3 Å². The first kappa shape index (κ1) is 14.3. The minimum absolute atomic E-state index is 0.0819. The van der Waals surface area contributed by atoms with Crippen molar-refractivity contribution >= 4 is 12.0 Å². The summed E-state index contributed by atoms with van der Waals surface area (Å²) in [6, 6.07) is 3.74. The Hall–Kier alpha value is -2.11. The van der Waals surface area contributed by atoms with Gasteiger partial charge in [0.1, 0.15) is 0 Å². The second kappa shape index (κ2) is 6.88. The summed E-state index contributed by atoms with van der Waals surface area (Å²) >= 11 is 0. The van der Waals surface area contributed by atoms with Crippen molar-refractivity contribution in [2.45, 2.75) is 19.3 Å². The van der Waals surface area contributed by atoms with Crippen LogP contribution >= 0.6 is 0 Å². The van der Waals surface area contributed by atoms with Crippen molar-refractivity contribution in [2.24, 2.45) is 5.92 Å². The molecule has 6 heteroatoms. The minimum Gasteiger partial charge on any atom is -0.481 e. The molecule has 1 aromatic rings. The van der Waals surface area contributed by atoms with Crippen LogP contribution in [0.5, 0.6) is 0 Å². The largest absolute Gasteiger partial charge is 0.481 e. The van der Waals surface area contributed by atoms with Crippen LogP contribution in [0.1, 0.15) is 18.4 Å². The fourth-order valence-electron chi connectivity index (χ4n) is 2.41. The lowest BCUT2D eigenvalue weighted by Crippen LogP contribution is -2.39. The Kier molecular flexibility index (Phi) is 4.92. The van der Waals surface area contributed by atoms with E-state index in [1.807, 2.05) is 12.1 Å². The number of amides is 2. The van der Waals surface area contributed by atoms with Crippen LogP contribution in [-0.2, 0) is 11.2 Å². The van der Waals surface area contributed by atoms with Gasteiger partial charge in [-0.3, -0.25) is 9.78 Å². The van der Waals surface area contributed by atoms with E-state index in [-0.39, 0.29) is 18.4 Å². The van der Waals surface area contributed by atoms with Gasteiger partial charge in [-0.15, -0.1) is 0 Å². The molecular formula is C14H19N3O3. The summed E-state index contributed by atoms with van der Waals surface area (Å²) in [6.07, 6.45) is 5.13. The van der Waals surface area contributed by atoms with Crippen LogP contribution < -0.4 is 5.32 Å². The molecule has 1 aromatic heterocycles. The number of likely N-dealkylation sites (tertiary alicyclic amines) is 1. The topological polar surface area (TPSA) is 82.5 Å². The van der Waals surface area contributed by atoms with Crippen molar-refractivity contribution in [1.82, 2.24) is 15.2 Å². The maximum atomic E-state index is 11.9. The van der Waals surface area contributed by atoms with Gasteiger partial charge in [0.05, 0.1) is 0 Å². The summed E-state index contributed by atoms with van der Waals surface area (Å²) in [7, 11) is 0. The third kappa shape index (κ3) is 4.22. The SMILES string of the molecule is O=C(O)CC1CCN(C(=O)NCCc2ccncc2)C1. The van der Waals surface area contributed by atoms with Gasteiger partial charge in [-0.05, 0) is 36.5 Å². The number of carboxylic acids is 1. The molecule has 0 aromatic carbocycles. The van der Waals surface area contributed by atoms with Gasteiger partial charge < -0.3 is 15.3 Å². The number of carbonyl (C=O) groups excluding carboxylic acids is 1. The summed E-state index contributed by atoms with van der Waals surface area (Å²) in [5.41, 5.74) is 1.13. The zero-order valence-electron chi connectivity index (χ0n) is 11.3. The Morgan fingerprint density at radius 2 is 2.15 bits per heavy atom. The third-order valence-corrected chi connectivity index (χ3v) is 3.48. The second-order valence-electron chi connectivity index (χ2n) is 5.04. The van der Waals surface area contributed by atoms with E-state index >= 15 is 0 Å². The number of nitrogens with zero attached hydrogens (tertiary/aromatic N) is 2. The lowest BCUT2D eigenvalue weighted by molar-refractivity contribution is -0.138. The Morgan fingerprint density at radius 1 is 1.40 bits per heavy atom. The van der Waals surface area contributed by atoms with Gasteiger partial charge in [0.25, 0.3) is 0 Å². The van der Waals surface area contributed by atoms with Crippen LogP contribution in [-0.4, -0.2) is 46.6 Å². The summed E-state index contributed by atoms with van der Waals surface area (Å²) in [6.45, 7) is 1.75. The number of aliphatic carboxylic acids is 1. The van der Waals surface area contributed by atoms with Crippen LogP contribution in [0.4, 0.5) is 4.79 Å². The third-order valence-electron chi connectivity index (χ3n) is 3.48. The number of carbonyl (C=O) groups is 2. The van der Waals surface area contributed by atoms with Crippen molar-refractivity contribution in [2.75, 3.05) is 19.6 Å². The Balaban J connectivity index is 1.69. The summed E-state index contributed by atoms with van der Waals surface area (Å²) in [5, 5.41) is 11.6. The molecule has 108 valence electrons. The Labute approximate surface area is 117 Å². The first-order valence-corrected chi connectivity index (χ1v) is 6.78. The Bertz CT molecular complexity index is 464. The first-order valence-electron chi connectivity index (χ1n) is 6.78. The van der Waals surface area contributed by atoms with Gasteiger partial charge in [0.15, 0.2) is 0 Å². The number of pyridine rings is 1. The van der Waals surface area contributed by atoms with E-state index in [1.54, 1.807) is 17.3 Å². The maximum absolute atomic E-state index is 11.9. The van der Waals surface area contributed by atoms with Crippen LogP contribution in [0.25, 0.3) is 0 Å². The smallest absolute Gasteiger partial charge is 0.317 e. The molecule has 0 spiro atoms. The van der Waals surface area contributed by atoms with Gasteiger partial charge >= 0.3 is 12.0 Å². The number of carboxylic acid groups (broad SMARTS) is 1. The molecule has 1 saturated heterocycles. The van der Waals surface area contributed by atoms with E-state index in [0.29, 0.717) is 19.6 Å². The van der Waals surface area contributed by atoms with Crippen LogP contribution in [0.15, 0.2) is 24.5 Å². The standard InChI is InChI=1S/C14H19N3O3/c18-13(19)9-12-4-8-17(10-12)14(20)16-7-3-11-1-5-15-6-2-11/h1-2,5-6,12H,3-4,7-10H2,(H,16,20)(H,18,19). The van der Waals surface area contributed by atoms with E-state index < -0.39 is 5.97 Å². The van der Waals surface area contributed by atoms with Crippen molar-refractivity contribution in [3.05, 3.63) is 30.1 Å². The highest BCUT2D eigenvalue weighted by Gasteiger charge is 2.27. The highest BCUT2D eigenvalue weighted by Crippen LogP contribution is 2.19. The highest BCUT2D eigenvalue weighted by molar-refractivity contribution is 5.74. The molecule has 1 atom stereocenters. The average molecular weight is 277 g/mol. The van der Waals surface area contributed by atoms with E-state index in [9.17, 15) is 9.59 Å². The normalized spacial score (nSPS) is 18.0. The molecule has 0 bridgehead atoms. The lowest BCUT2D eigenvalue weighted by Gasteiger charge is -2.17. The maximum Gasteiger partial charge on any atom is 0.317 e. The molecule has 2 N–H and O–H groups in total. The summed E-state index contributed by atoms with van der Waals surface area (Å²) < 4.78 is 0. The molecule has 2 amide bonds. The predicted octanol–water partition coefficient (Wildman–Crippen LogP) is 1.13. The summed E-state index contributed by atoms with van der Waals surface area (Å²) in [5.74, 6) is -0.714. The number of urea groups is 1. The summed E-state index contributed by atoms with van der Waals surface area (Å²) in [4.78, 5) is 28.2. The number of aromatic nitrogens is 1. The molecule has 6 nitrogen and oxygen atoms in total. The van der Waals surface area contributed by atoms with Gasteiger partial charge in [0, 0.05) is 38.4 Å². The van der Waals surface area contributed by atoms with Gasteiger partial charge in [-0.1, -0.05) is 0 Å². The minimum atomic E-state index is -0.796. The fourth-order valence-corrected chi connectivity index (χ4v) is 2.41. The van der Waals surface area contributed by atoms with Crippen LogP contribution in [0.2, 0.25) is 0 Å². The number of nitrogens with one attached hydrogen (secondary N) is 1. The quantitative estimate of drug-likeness (QED) is 0.845. The van der Waals surface area contributed by atoms with Gasteiger partial charge in [-0.25, -0.2) is 4.79 Å². The highest BCUT2D eigenvalue weighted by atomic mass is 16.4. The zero-order valence-corrected chi connectivity index (χ0v) is 11.3. The van der Waals surface area contributed by atoms with Crippen molar-refractivity contribution in [3.8, 4) is 0 Å². The molecule has 1 aliphatic heterocycles. The van der Waals surface area contributed by atoms with E-state index in [4.69, 9.17) is 5.11 Å². The number of rotatable bonds is 5. The molecule has 1 aliphatic rings. The van der Waals surface area contributed by atoms with Gasteiger partial charge in [-0.2, -0.15) is 0 Å². The second-order valence-corrected chi connectivity index (χ2v) is 5.04. The molecule has 20 heavy (non-hydrogen) atoms. The molecule has 2 heterocycles. The van der Waals surface area contributed by atoms with E-state index in [0.717, 1.165) is 18.4 Å².